The quantitative estimate of drug-likeness (QED) is 0.143. The molecule has 0 aromatic rings. The number of unbranched alkanes of at least 4 members (excludes halogenated alkanes) is 15. The monoisotopic (exact) mass is 470 g/mol. The van der Waals surface area contributed by atoms with Crippen LogP contribution in [0.5, 0.6) is 0 Å². The third kappa shape index (κ3) is 24.1. The molecule has 0 amide bonds. The van der Waals surface area contributed by atoms with Gasteiger partial charge in [0.05, 0.1) is 19.1 Å². The lowest BCUT2D eigenvalue weighted by Crippen LogP contribution is -2.24. The Morgan fingerprint density at radius 2 is 0.933 bits per heavy atom. The van der Waals surface area contributed by atoms with E-state index >= 15 is 0 Å². The minimum Gasteiger partial charge on any atom is -0.268 e. The van der Waals surface area contributed by atoms with E-state index in [0.29, 0.717) is 6.42 Å². The van der Waals surface area contributed by atoms with Crippen molar-refractivity contribution in [2.45, 2.75) is 122 Å². The topological polar surface area (TPSA) is 86.7 Å². The molecule has 182 valence electrons. The summed E-state index contributed by atoms with van der Waals surface area (Å²) in [6.07, 6.45) is 22.0. The first kappa shape index (κ1) is 29.8. The highest BCUT2D eigenvalue weighted by molar-refractivity contribution is 7.86. The van der Waals surface area contributed by atoms with E-state index in [1.807, 2.05) is 0 Å². The van der Waals surface area contributed by atoms with Gasteiger partial charge in [-0.3, -0.25) is 8.37 Å². The van der Waals surface area contributed by atoms with Crippen molar-refractivity contribution >= 4 is 20.2 Å². The van der Waals surface area contributed by atoms with Crippen molar-refractivity contribution in [2.75, 3.05) is 19.1 Å². The van der Waals surface area contributed by atoms with Crippen LogP contribution in [0.15, 0.2) is 0 Å². The van der Waals surface area contributed by atoms with E-state index in [9.17, 15) is 16.8 Å². The summed E-state index contributed by atoms with van der Waals surface area (Å²) >= 11 is 0. The molecule has 0 aromatic carbocycles. The van der Waals surface area contributed by atoms with Gasteiger partial charge >= 0.3 is 0 Å². The molecule has 0 bridgehead atoms. The molecule has 0 N–H and O–H groups in total. The average molecular weight is 471 g/mol. The summed E-state index contributed by atoms with van der Waals surface area (Å²) in [5, 5.41) is 0. The van der Waals surface area contributed by atoms with Crippen LogP contribution in [0.25, 0.3) is 0 Å². The lowest BCUT2D eigenvalue weighted by Gasteiger charge is -2.15. The van der Waals surface area contributed by atoms with Crippen LogP contribution in [0.1, 0.15) is 116 Å². The second-order valence-electron chi connectivity index (χ2n) is 8.50. The van der Waals surface area contributed by atoms with Gasteiger partial charge in [-0.25, -0.2) is 0 Å². The maximum Gasteiger partial charge on any atom is 0.264 e. The van der Waals surface area contributed by atoms with Crippen LogP contribution in [0.3, 0.4) is 0 Å². The average Bonchev–Trinajstić information content (AvgIpc) is 2.64. The van der Waals surface area contributed by atoms with Crippen molar-refractivity contribution < 1.29 is 25.2 Å². The first-order valence-electron chi connectivity index (χ1n) is 11.9. The molecule has 0 heterocycles. The number of hydrogen-bond acceptors (Lipinski definition) is 6. The standard InChI is InChI=1S/C22H46O6S2/c1-4-5-6-7-8-9-10-11-12-13-14-15-16-17-18-19-20-22(28-30(3,25)26)21-27-29(2,23)24/h22H,4-21H2,1-3H3. The zero-order valence-corrected chi connectivity index (χ0v) is 21.2. The molecule has 0 spiro atoms. The van der Waals surface area contributed by atoms with Crippen molar-refractivity contribution in [3.05, 3.63) is 0 Å². The Morgan fingerprint density at radius 3 is 1.27 bits per heavy atom. The third-order valence-corrected chi connectivity index (χ3v) is 6.34. The zero-order valence-electron chi connectivity index (χ0n) is 19.6. The molecule has 0 aliphatic rings. The van der Waals surface area contributed by atoms with E-state index in [2.05, 4.69) is 6.92 Å². The fraction of sp³-hybridized carbons (Fsp3) is 1.00. The van der Waals surface area contributed by atoms with Crippen LogP contribution < -0.4 is 0 Å². The van der Waals surface area contributed by atoms with Gasteiger partial charge in [-0.05, 0) is 6.42 Å². The minimum absolute atomic E-state index is 0.259. The molecule has 1 atom stereocenters. The fourth-order valence-electron chi connectivity index (χ4n) is 3.53. The fourth-order valence-corrected chi connectivity index (χ4v) is 4.57. The van der Waals surface area contributed by atoms with Gasteiger partial charge in [-0.2, -0.15) is 16.8 Å². The van der Waals surface area contributed by atoms with Crippen LogP contribution in [-0.2, 0) is 28.6 Å². The van der Waals surface area contributed by atoms with Gasteiger partial charge in [0, 0.05) is 0 Å². The van der Waals surface area contributed by atoms with Gasteiger partial charge in [0.2, 0.25) is 0 Å². The summed E-state index contributed by atoms with van der Waals surface area (Å²) in [5.74, 6) is 0. The smallest absolute Gasteiger partial charge is 0.264 e. The largest absolute Gasteiger partial charge is 0.268 e. The van der Waals surface area contributed by atoms with E-state index in [-0.39, 0.29) is 6.61 Å². The zero-order chi connectivity index (χ0) is 22.7. The molecule has 8 heteroatoms. The Bertz CT molecular complexity index is 587. The molecule has 0 saturated carbocycles. The first-order valence-corrected chi connectivity index (χ1v) is 15.5. The second-order valence-corrected chi connectivity index (χ2v) is 11.7. The van der Waals surface area contributed by atoms with Gasteiger partial charge in [-0.15, -0.1) is 0 Å². The minimum atomic E-state index is -3.64. The van der Waals surface area contributed by atoms with E-state index in [1.54, 1.807) is 0 Å². The Hall–Kier alpha value is -0.180. The van der Waals surface area contributed by atoms with Crippen LogP contribution in [0.2, 0.25) is 0 Å². The van der Waals surface area contributed by atoms with Crippen LogP contribution >= 0.6 is 0 Å². The Morgan fingerprint density at radius 1 is 0.567 bits per heavy atom. The maximum atomic E-state index is 11.3. The summed E-state index contributed by atoms with van der Waals surface area (Å²) in [5.41, 5.74) is 0. The van der Waals surface area contributed by atoms with Crippen LogP contribution in [-0.4, -0.2) is 42.1 Å². The highest BCUT2D eigenvalue weighted by Gasteiger charge is 2.18. The molecule has 0 aliphatic carbocycles. The first-order chi connectivity index (χ1) is 14.1. The van der Waals surface area contributed by atoms with E-state index in [1.165, 1.54) is 83.5 Å². The van der Waals surface area contributed by atoms with Crippen molar-refractivity contribution in [2.24, 2.45) is 0 Å². The molecular formula is C22H46O6S2. The highest BCUT2D eigenvalue weighted by Crippen LogP contribution is 2.15. The van der Waals surface area contributed by atoms with Crippen LogP contribution in [0.4, 0.5) is 0 Å². The number of rotatable bonds is 22. The maximum absolute atomic E-state index is 11.3. The van der Waals surface area contributed by atoms with Gasteiger partial charge in [-0.1, -0.05) is 110 Å². The molecular weight excluding hydrogens is 424 g/mol. The van der Waals surface area contributed by atoms with E-state index in [4.69, 9.17) is 8.37 Å². The molecule has 0 rings (SSSR count). The molecule has 1 unspecified atom stereocenters. The molecule has 0 aromatic heterocycles. The summed E-state index contributed by atoms with van der Waals surface area (Å²) in [7, 11) is -7.25. The molecule has 0 radical (unpaired) electrons. The summed E-state index contributed by atoms with van der Waals surface area (Å²) in [6, 6.07) is 0. The van der Waals surface area contributed by atoms with E-state index in [0.717, 1.165) is 31.8 Å². The van der Waals surface area contributed by atoms with Gasteiger partial charge in [0.15, 0.2) is 0 Å². The Balaban J connectivity index is 3.58. The van der Waals surface area contributed by atoms with Crippen molar-refractivity contribution in [1.29, 1.82) is 0 Å². The predicted molar refractivity (Wildman–Crippen MR) is 125 cm³/mol. The lowest BCUT2D eigenvalue weighted by molar-refractivity contribution is 0.129. The molecule has 0 aliphatic heterocycles. The van der Waals surface area contributed by atoms with Gasteiger partial charge in [0.1, 0.15) is 6.10 Å². The number of hydrogen-bond donors (Lipinski definition) is 0. The molecule has 0 saturated heterocycles. The predicted octanol–water partition coefficient (Wildman–Crippen LogP) is 5.96. The third-order valence-electron chi connectivity index (χ3n) is 5.16. The highest BCUT2D eigenvalue weighted by atomic mass is 32.2. The summed E-state index contributed by atoms with van der Waals surface area (Å²) < 4.78 is 54.5. The van der Waals surface area contributed by atoms with Crippen molar-refractivity contribution in [3.8, 4) is 0 Å². The summed E-state index contributed by atoms with van der Waals surface area (Å²) in [6.45, 7) is 2.00. The Labute approximate surface area is 186 Å². The van der Waals surface area contributed by atoms with Crippen molar-refractivity contribution in [3.63, 3.8) is 0 Å². The van der Waals surface area contributed by atoms with Crippen molar-refractivity contribution in [1.82, 2.24) is 0 Å². The molecule has 30 heavy (non-hydrogen) atoms. The second kappa shape index (κ2) is 18.4. The van der Waals surface area contributed by atoms with Crippen LogP contribution in [0, 0.1) is 0 Å². The van der Waals surface area contributed by atoms with Gasteiger partial charge in [0.25, 0.3) is 20.2 Å². The molecule has 6 nitrogen and oxygen atoms in total. The van der Waals surface area contributed by atoms with E-state index < -0.39 is 26.3 Å². The Kier molecular flexibility index (Phi) is 18.3. The van der Waals surface area contributed by atoms with Gasteiger partial charge < -0.3 is 0 Å². The normalized spacial score (nSPS) is 13.6. The summed E-state index contributed by atoms with van der Waals surface area (Å²) in [4.78, 5) is 0. The lowest BCUT2D eigenvalue weighted by atomic mass is 10.0. The SMILES string of the molecule is CCCCCCCCCCCCCCCCCCC(COS(C)(=O)=O)OS(C)(=O)=O. The molecule has 0 fully saturated rings.